The molecule has 0 atom stereocenters. The molecule has 1 saturated heterocycles. The van der Waals surface area contributed by atoms with Crippen molar-refractivity contribution in [3.8, 4) is 0 Å². The average Bonchev–Trinajstić information content (AvgIpc) is 2.88. The summed E-state index contributed by atoms with van der Waals surface area (Å²) in [5, 5.41) is 0. The van der Waals surface area contributed by atoms with Crippen molar-refractivity contribution in [1.82, 2.24) is 9.80 Å². The summed E-state index contributed by atoms with van der Waals surface area (Å²) in [6.45, 7) is 2.34. The van der Waals surface area contributed by atoms with Crippen LogP contribution >= 0.6 is 0 Å². The van der Waals surface area contributed by atoms with E-state index in [0.717, 1.165) is 51.6 Å². The first-order valence-electron chi connectivity index (χ1n) is 7.25. The van der Waals surface area contributed by atoms with Gasteiger partial charge in [0.15, 0.2) is 0 Å². The molecule has 1 heterocycles. The van der Waals surface area contributed by atoms with Crippen LogP contribution in [-0.2, 0) is 4.79 Å². The first-order valence-corrected chi connectivity index (χ1v) is 7.25. The molecule has 0 aromatic rings. The van der Waals surface area contributed by atoms with Crippen LogP contribution in [-0.4, -0.2) is 55.5 Å². The third kappa shape index (κ3) is 2.54. The van der Waals surface area contributed by atoms with Gasteiger partial charge in [0, 0.05) is 25.7 Å². The molecule has 2 fully saturated rings. The van der Waals surface area contributed by atoms with Crippen LogP contribution in [0.25, 0.3) is 0 Å². The van der Waals surface area contributed by atoms with Crippen molar-refractivity contribution in [3.05, 3.63) is 0 Å². The van der Waals surface area contributed by atoms with Crippen molar-refractivity contribution in [2.75, 3.05) is 33.7 Å². The molecule has 0 aromatic carbocycles. The molecule has 1 aliphatic heterocycles. The maximum absolute atomic E-state index is 12.7. The lowest BCUT2D eigenvalue weighted by Crippen LogP contribution is -2.51. The number of hydrogen-bond donors (Lipinski definition) is 1. The molecule has 4 nitrogen and oxygen atoms in total. The Balaban J connectivity index is 1.94. The van der Waals surface area contributed by atoms with Crippen LogP contribution in [0.5, 0.6) is 0 Å². The fourth-order valence-electron chi connectivity index (χ4n) is 3.48. The van der Waals surface area contributed by atoms with Crippen molar-refractivity contribution in [2.24, 2.45) is 11.1 Å². The number of rotatable bonds is 3. The number of piperidine rings is 1. The molecule has 18 heavy (non-hydrogen) atoms. The van der Waals surface area contributed by atoms with E-state index in [1.54, 1.807) is 0 Å². The molecule has 2 N–H and O–H groups in total. The third-order valence-corrected chi connectivity index (χ3v) is 4.89. The minimum Gasteiger partial charge on any atom is -0.342 e. The van der Waals surface area contributed by atoms with Crippen molar-refractivity contribution < 1.29 is 4.79 Å². The maximum Gasteiger partial charge on any atom is 0.230 e. The summed E-state index contributed by atoms with van der Waals surface area (Å²) < 4.78 is 0. The Labute approximate surface area is 110 Å². The Morgan fingerprint density at radius 3 is 2.28 bits per heavy atom. The lowest BCUT2D eigenvalue weighted by atomic mass is 9.84. The normalized spacial score (nSPS) is 24.8. The number of amides is 1. The van der Waals surface area contributed by atoms with E-state index in [4.69, 9.17) is 5.73 Å². The Kier molecular flexibility index (Phi) is 4.28. The van der Waals surface area contributed by atoms with Gasteiger partial charge in [0.05, 0.1) is 5.41 Å². The fourth-order valence-corrected chi connectivity index (χ4v) is 3.48. The summed E-state index contributed by atoms with van der Waals surface area (Å²) in [6.07, 6.45) is 6.51. The molecular weight excluding hydrogens is 226 g/mol. The molecule has 0 aromatic heterocycles. The number of carbonyl (C=O) groups excluding carboxylic acids is 1. The SMILES string of the molecule is CN(C)C1CCN(C(=O)C2(CN)CCCC2)CC1. The van der Waals surface area contributed by atoms with Crippen LogP contribution in [0.15, 0.2) is 0 Å². The lowest BCUT2D eigenvalue weighted by molar-refractivity contribution is -0.143. The minimum absolute atomic E-state index is 0.217. The summed E-state index contributed by atoms with van der Waals surface area (Å²) in [7, 11) is 4.25. The van der Waals surface area contributed by atoms with Gasteiger partial charge in [-0.1, -0.05) is 12.8 Å². The van der Waals surface area contributed by atoms with E-state index in [-0.39, 0.29) is 5.41 Å². The van der Waals surface area contributed by atoms with Gasteiger partial charge < -0.3 is 15.5 Å². The highest BCUT2D eigenvalue weighted by molar-refractivity contribution is 5.83. The van der Waals surface area contributed by atoms with Crippen molar-refractivity contribution >= 4 is 5.91 Å². The van der Waals surface area contributed by atoms with Gasteiger partial charge in [0.25, 0.3) is 0 Å². The van der Waals surface area contributed by atoms with Gasteiger partial charge in [-0.15, -0.1) is 0 Å². The zero-order valence-corrected chi connectivity index (χ0v) is 11.8. The number of carbonyl (C=O) groups is 1. The van der Waals surface area contributed by atoms with Crippen molar-refractivity contribution in [2.45, 2.75) is 44.6 Å². The second kappa shape index (κ2) is 5.57. The zero-order chi connectivity index (χ0) is 13.2. The topological polar surface area (TPSA) is 49.6 Å². The van der Waals surface area contributed by atoms with Crippen LogP contribution in [0, 0.1) is 5.41 Å². The fraction of sp³-hybridized carbons (Fsp3) is 0.929. The standard InChI is InChI=1S/C14H27N3O/c1-16(2)12-5-9-17(10-6-12)13(18)14(11-15)7-3-4-8-14/h12H,3-11,15H2,1-2H3. The average molecular weight is 253 g/mol. The molecular formula is C14H27N3O. The van der Waals surface area contributed by atoms with Crippen LogP contribution in [0.3, 0.4) is 0 Å². The predicted octanol–water partition coefficient (Wildman–Crippen LogP) is 1.06. The van der Waals surface area contributed by atoms with Crippen LogP contribution in [0.2, 0.25) is 0 Å². The second-order valence-electron chi connectivity index (χ2n) is 6.18. The zero-order valence-electron chi connectivity index (χ0n) is 11.8. The third-order valence-electron chi connectivity index (χ3n) is 4.89. The van der Waals surface area contributed by atoms with E-state index in [1.165, 1.54) is 0 Å². The van der Waals surface area contributed by atoms with Gasteiger partial charge in [-0.05, 0) is 39.8 Å². The molecule has 4 heteroatoms. The number of likely N-dealkylation sites (tertiary alicyclic amines) is 1. The summed E-state index contributed by atoms with van der Waals surface area (Å²) in [5.41, 5.74) is 5.68. The molecule has 104 valence electrons. The Morgan fingerprint density at radius 2 is 1.83 bits per heavy atom. The molecule has 0 spiro atoms. The summed E-state index contributed by atoms with van der Waals surface area (Å²) in [6, 6.07) is 0.631. The van der Waals surface area contributed by atoms with E-state index in [0.29, 0.717) is 18.5 Å². The number of nitrogens with zero attached hydrogens (tertiary/aromatic N) is 2. The second-order valence-corrected chi connectivity index (χ2v) is 6.18. The number of hydrogen-bond acceptors (Lipinski definition) is 3. The van der Waals surface area contributed by atoms with E-state index >= 15 is 0 Å². The highest BCUT2D eigenvalue weighted by Gasteiger charge is 2.42. The molecule has 1 amide bonds. The Morgan fingerprint density at radius 1 is 1.28 bits per heavy atom. The summed E-state index contributed by atoms with van der Waals surface area (Å²) in [5.74, 6) is 0.333. The van der Waals surface area contributed by atoms with E-state index in [1.807, 2.05) is 0 Å². The van der Waals surface area contributed by atoms with Gasteiger partial charge in [0.2, 0.25) is 5.91 Å². The van der Waals surface area contributed by atoms with Crippen LogP contribution in [0.1, 0.15) is 38.5 Å². The highest BCUT2D eigenvalue weighted by Crippen LogP contribution is 2.39. The molecule has 2 rings (SSSR count). The predicted molar refractivity (Wildman–Crippen MR) is 73.2 cm³/mol. The molecule has 1 aliphatic carbocycles. The quantitative estimate of drug-likeness (QED) is 0.818. The lowest BCUT2D eigenvalue weighted by Gasteiger charge is -2.39. The van der Waals surface area contributed by atoms with Gasteiger partial charge in [-0.25, -0.2) is 0 Å². The summed E-state index contributed by atoms with van der Waals surface area (Å²) >= 11 is 0. The smallest absolute Gasteiger partial charge is 0.230 e. The van der Waals surface area contributed by atoms with Gasteiger partial charge >= 0.3 is 0 Å². The molecule has 0 unspecified atom stereocenters. The maximum atomic E-state index is 12.7. The highest BCUT2D eigenvalue weighted by atomic mass is 16.2. The largest absolute Gasteiger partial charge is 0.342 e. The first kappa shape index (κ1) is 13.8. The van der Waals surface area contributed by atoms with Crippen molar-refractivity contribution in [3.63, 3.8) is 0 Å². The van der Waals surface area contributed by atoms with E-state index in [2.05, 4.69) is 23.9 Å². The molecule has 1 saturated carbocycles. The molecule has 2 aliphatic rings. The molecule has 0 radical (unpaired) electrons. The van der Waals surface area contributed by atoms with Gasteiger partial charge in [0.1, 0.15) is 0 Å². The monoisotopic (exact) mass is 253 g/mol. The van der Waals surface area contributed by atoms with Gasteiger partial charge in [-0.3, -0.25) is 4.79 Å². The van der Waals surface area contributed by atoms with E-state index < -0.39 is 0 Å². The first-order chi connectivity index (χ1) is 8.59. The molecule has 0 bridgehead atoms. The Bertz CT molecular complexity index is 289. The van der Waals surface area contributed by atoms with Crippen molar-refractivity contribution in [1.29, 1.82) is 0 Å². The summed E-state index contributed by atoms with van der Waals surface area (Å²) in [4.78, 5) is 17.0. The van der Waals surface area contributed by atoms with Crippen LogP contribution < -0.4 is 5.73 Å². The van der Waals surface area contributed by atoms with Crippen LogP contribution in [0.4, 0.5) is 0 Å². The van der Waals surface area contributed by atoms with E-state index in [9.17, 15) is 4.79 Å². The van der Waals surface area contributed by atoms with Gasteiger partial charge in [-0.2, -0.15) is 0 Å². The Hall–Kier alpha value is -0.610. The minimum atomic E-state index is -0.217. The number of nitrogens with two attached hydrogens (primary N) is 1.